The van der Waals surface area contributed by atoms with Gasteiger partial charge in [-0.15, -0.1) is 0 Å². The SMILES string of the molecule is CCO[SiH](OCC)[Si](CCc1cc(C)c(OC)cc1OC)([Si]([SiH3])([SiH3])[SiH3])[Si]([SiH3])([SiH3])OCC. The van der Waals surface area contributed by atoms with Crippen molar-refractivity contribution in [3.05, 3.63) is 23.3 Å². The average Bonchev–Trinajstić information content (AvgIpc) is 2.67. The first-order valence-electron chi connectivity index (χ1n) is 11.5. The van der Waals surface area contributed by atoms with Gasteiger partial charge in [-0.1, -0.05) is 6.04 Å². The van der Waals surface area contributed by atoms with Crippen molar-refractivity contribution >= 4 is 77.2 Å². The van der Waals surface area contributed by atoms with E-state index in [1.165, 1.54) is 66.0 Å². The second-order valence-electron chi connectivity index (χ2n) is 9.54. The van der Waals surface area contributed by atoms with Gasteiger partial charge in [0.25, 0.3) is 8.80 Å². The van der Waals surface area contributed by atoms with Gasteiger partial charge >= 0.3 is 0 Å². The third kappa shape index (κ3) is 6.84. The topological polar surface area (TPSA) is 46.2 Å². The zero-order valence-electron chi connectivity index (χ0n) is 21.8. The van der Waals surface area contributed by atoms with Crippen molar-refractivity contribution in [3.63, 3.8) is 0 Å². The van der Waals surface area contributed by atoms with Crippen LogP contribution >= 0.6 is 0 Å². The summed E-state index contributed by atoms with van der Waals surface area (Å²) in [5, 5.41) is 0. The van der Waals surface area contributed by atoms with Crippen molar-refractivity contribution in [2.24, 2.45) is 0 Å². The molecule has 180 valence electrons. The summed E-state index contributed by atoms with van der Waals surface area (Å²) in [6.07, 6.45) is -0.0710. The molecule has 0 aliphatic carbocycles. The number of aryl methyl sites for hydroxylation is 2. The molecule has 0 heterocycles. The van der Waals surface area contributed by atoms with E-state index in [1.54, 1.807) is 14.2 Å². The van der Waals surface area contributed by atoms with Crippen LogP contribution in [0.1, 0.15) is 31.9 Å². The van der Waals surface area contributed by atoms with Gasteiger partial charge in [-0.2, -0.15) is 0 Å². The van der Waals surface area contributed by atoms with Crippen molar-refractivity contribution < 1.29 is 22.8 Å². The lowest BCUT2D eigenvalue weighted by Crippen LogP contribution is -2.89. The Morgan fingerprint density at radius 2 is 1.39 bits per heavy atom. The smallest absolute Gasteiger partial charge is 0.296 e. The third-order valence-electron chi connectivity index (χ3n) is 6.54. The summed E-state index contributed by atoms with van der Waals surface area (Å²) in [6.45, 7) is 7.80. The minimum atomic E-state index is -1.71. The zero-order chi connectivity index (χ0) is 23.9. The molecular weight excluding hydrogens is 537 g/mol. The third-order valence-corrected chi connectivity index (χ3v) is 157. The molecule has 0 aliphatic heterocycles. The molecule has 0 fully saturated rings. The fraction of sp³-hybridized carbons (Fsp3) is 0.647. The van der Waals surface area contributed by atoms with E-state index in [-0.39, 0.29) is 0 Å². The molecule has 1 atom stereocenters. The Morgan fingerprint density at radius 1 is 0.839 bits per heavy atom. The first-order valence-corrected chi connectivity index (χ1v) is 39.9. The van der Waals surface area contributed by atoms with Crippen molar-refractivity contribution in [1.82, 2.24) is 0 Å². The van der Waals surface area contributed by atoms with Crippen LogP contribution in [0.3, 0.4) is 0 Å². The highest BCUT2D eigenvalue weighted by molar-refractivity contribution is 8.11. The molecular formula is C17H46O5Si9. The van der Waals surface area contributed by atoms with Crippen LogP contribution in [-0.2, 0) is 19.7 Å². The van der Waals surface area contributed by atoms with Gasteiger partial charge in [0, 0.05) is 51.6 Å². The Balaban J connectivity index is 3.59. The van der Waals surface area contributed by atoms with Gasteiger partial charge in [0.1, 0.15) is 25.0 Å². The second-order valence-corrected chi connectivity index (χ2v) is 117. The van der Waals surface area contributed by atoms with Crippen LogP contribution in [0.15, 0.2) is 12.1 Å². The molecule has 0 saturated heterocycles. The number of hydrogen-bond donors (Lipinski definition) is 0. The summed E-state index contributed by atoms with van der Waals surface area (Å²) in [5.74, 6) is 1.87. The Kier molecular flexibility index (Phi) is 12.4. The van der Waals surface area contributed by atoms with Gasteiger partial charge < -0.3 is 22.8 Å². The molecule has 14 heteroatoms. The molecule has 1 unspecified atom stereocenters. The number of methoxy groups -OCH3 is 2. The molecule has 5 nitrogen and oxygen atoms in total. The monoisotopic (exact) mass is 582 g/mol. The van der Waals surface area contributed by atoms with Crippen molar-refractivity contribution in [3.8, 4) is 11.5 Å². The highest BCUT2D eigenvalue weighted by Gasteiger charge is 2.64. The Hall–Kier alpha value is 0.652. The minimum absolute atomic E-state index is 0.797. The van der Waals surface area contributed by atoms with Gasteiger partial charge in [-0.3, -0.25) is 0 Å². The van der Waals surface area contributed by atoms with E-state index < -0.39 is 28.4 Å². The van der Waals surface area contributed by atoms with E-state index in [0.29, 0.717) is 0 Å². The van der Waals surface area contributed by atoms with Crippen LogP contribution in [0.5, 0.6) is 11.5 Å². The number of hydrogen-bond acceptors (Lipinski definition) is 5. The molecule has 0 spiro atoms. The summed E-state index contributed by atoms with van der Waals surface area (Å²) >= 11 is 0. The predicted octanol–water partition coefficient (Wildman–Crippen LogP) is -3.73. The molecule has 1 rings (SSSR count). The maximum absolute atomic E-state index is 6.85. The van der Waals surface area contributed by atoms with Crippen LogP contribution < -0.4 is 9.47 Å². The fourth-order valence-electron chi connectivity index (χ4n) is 5.13. The van der Waals surface area contributed by atoms with Crippen molar-refractivity contribution in [2.75, 3.05) is 34.0 Å². The Bertz CT molecular complexity index is 695. The van der Waals surface area contributed by atoms with Gasteiger partial charge in [-0.05, 0) is 80.6 Å². The molecule has 0 N–H and O–H groups in total. The Labute approximate surface area is 208 Å². The summed E-state index contributed by atoms with van der Waals surface area (Å²) in [5.41, 5.74) is 2.51. The van der Waals surface area contributed by atoms with Crippen LogP contribution in [0.4, 0.5) is 0 Å². The fourth-order valence-corrected chi connectivity index (χ4v) is 279. The molecule has 0 radical (unpaired) electrons. The van der Waals surface area contributed by atoms with E-state index in [9.17, 15) is 0 Å². The molecule has 0 aliphatic rings. The first kappa shape index (κ1) is 29.7. The molecule has 0 aromatic heterocycles. The molecule has 1 aromatic rings. The van der Waals surface area contributed by atoms with Crippen molar-refractivity contribution in [2.45, 2.75) is 40.2 Å². The van der Waals surface area contributed by atoms with E-state index >= 15 is 0 Å². The van der Waals surface area contributed by atoms with E-state index in [4.69, 9.17) is 22.8 Å². The van der Waals surface area contributed by atoms with Crippen LogP contribution in [0, 0.1) is 6.92 Å². The molecule has 0 bridgehead atoms. The molecule has 1 aromatic carbocycles. The number of rotatable bonds is 14. The summed E-state index contributed by atoms with van der Waals surface area (Å²) in [7, 11) is 8.50. The quantitative estimate of drug-likeness (QED) is 0.211. The first-order chi connectivity index (χ1) is 14.4. The predicted molar refractivity (Wildman–Crippen MR) is 162 cm³/mol. The Morgan fingerprint density at radius 3 is 1.81 bits per heavy atom. The number of ether oxygens (including phenoxy) is 2. The molecule has 0 amide bonds. The lowest BCUT2D eigenvalue weighted by atomic mass is 10.1. The summed E-state index contributed by atoms with van der Waals surface area (Å²) in [6, 6.07) is 5.67. The standard InChI is InChI=1S/C17H46O5Si9/c1-7-20-28(21-8-2)29(31(25,26)27,30(23,24)22-9-3)11-10-15-12-14(4)16(18-5)13-17(15)19-6/h12-13,28H,7-11H2,1-6,23-27H3. The summed E-state index contributed by atoms with van der Waals surface area (Å²) in [4.78, 5) is 0. The normalized spacial score (nSPS) is 18.2. The van der Waals surface area contributed by atoms with Gasteiger partial charge in [-0.25, -0.2) is 0 Å². The largest absolute Gasteiger partial charge is 0.496 e. The van der Waals surface area contributed by atoms with Crippen LogP contribution in [-0.4, -0.2) is 111 Å². The number of benzene rings is 1. The lowest BCUT2D eigenvalue weighted by molar-refractivity contribution is 0.229. The van der Waals surface area contributed by atoms with Gasteiger partial charge in [0.2, 0.25) is 0 Å². The van der Waals surface area contributed by atoms with Crippen LogP contribution in [0.2, 0.25) is 6.04 Å². The van der Waals surface area contributed by atoms with E-state index in [0.717, 1.165) is 37.7 Å². The maximum Gasteiger partial charge on any atom is 0.296 e. The van der Waals surface area contributed by atoms with Gasteiger partial charge in [0.15, 0.2) is 0 Å². The van der Waals surface area contributed by atoms with E-state index in [2.05, 4.69) is 39.8 Å². The van der Waals surface area contributed by atoms with Gasteiger partial charge in [0.05, 0.1) is 14.2 Å². The lowest BCUT2D eigenvalue weighted by Gasteiger charge is -2.53. The summed E-state index contributed by atoms with van der Waals surface area (Å²) < 4.78 is 31.5. The second kappa shape index (κ2) is 12.9. The van der Waals surface area contributed by atoms with E-state index in [1.807, 2.05) is 0 Å². The highest BCUT2D eigenvalue weighted by atomic mass is 30.4. The minimum Gasteiger partial charge on any atom is -0.496 e. The maximum atomic E-state index is 6.85. The van der Waals surface area contributed by atoms with Crippen molar-refractivity contribution in [1.29, 1.82) is 0 Å². The average molecular weight is 583 g/mol. The zero-order valence-corrected chi connectivity index (χ0v) is 36.0. The highest BCUT2D eigenvalue weighted by Crippen LogP contribution is 2.35. The molecule has 0 saturated carbocycles. The molecule has 31 heavy (non-hydrogen) atoms. The van der Waals surface area contributed by atoms with Crippen LogP contribution in [0.25, 0.3) is 0 Å².